The molecule has 2 rings (SSSR count). The van der Waals surface area contributed by atoms with Gasteiger partial charge in [0, 0.05) is 24.7 Å². The van der Waals surface area contributed by atoms with E-state index in [9.17, 15) is 0 Å². The van der Waals surface area contributed by atoms with E-state index in [0.717, 1.165) is 30.4 Å². The Morgan fingerprint density at radius 3 is 2.60 bits per heavy atom. The van der Waals surface area contributed by atoms with Gasteiger partial charge in [0.2, 0.25) is 0 Å². The summed E-state index contributed by atoms with van der Waals surface area (Å²) in [5.74, 6) is 1.05. The summed E-state index contributed by atoms with van der Waals surface area (Å²) in [5, 5.41) is 4.34. The van der Waals surface area contributed by atoms with E-state index < -0.39 is 0 Å². The summed E-state index contributed by atoms with van der Waals surface area (Å²) in [7, 11) is 0. The van der Waals surface area contributed by atoms with Crippen LogP contribution in [0.25, 0.3) is 0 Å². The maximum absolute atomic E-state index is 4.19. The number of hydrogen-bond donors (Lipinski definition) is 1. The lowest BCUT2D eigenvalue weighted by atomic mass is 10.1. The third kappa shape index (κ3) is 5.90. The SMILES string of the molecule is Cc1ccccc1CNCCCSc1ncccn1.[Cl-]. The molecule has 1 heterocycles. The predicted molar refractivity (Wildman–Crippen MR) is 80.3 cm³/mol. The standard InChI is InChI=1S/C15H19N3S.ClH/c1-13-6-2-3-7-14(13)12-16-8-5-11-19-15-17-9-4-10-18-15;/h2-4,6-7,9-10,16H,5,8,11-12H2,1H3;1H/p-1. The molecule has 2 aromatic rings. The molecule has 0 bridgehead atoms. The molecule has 0 radical (unpaired) electrons. The second kappa shape index (κ2) is 9.75. The summed E-state index contributed by atoms with van der Waals surface area (Å²) < 4.78 is 0. The first-order valence-electron chi connectivity index (χ1n) is 6.51. The second-order valence-electron chi connectivity index (χ2n) is 4.34. The molecule has 1 N–H and O–H groups in total. The molecule has 5 heteroatoms. The molecule has 0 unspecified atom stereocenters. The molecular weight excluding hydrogens is 290 g/mol. The maximum Gasteiger partial charge on any atom is 0.187 e. The average Bonchev–Trinajstić information content (AvgIpc) is 2.45. The number of benzene rings is 1. The van der Waals surface area contributed by atoms with Crippen LogP contribution < -0.4 is 17.7 Å². The van der Waals surface area contributed by atoms with E-state index in [2.05, 4.69) is 46.5 Å². The fraction of sp³-hybridized carbons (Fsp3) is 0.333. The normalized spacial score (nSPS) is 10.1. The monoisotopic (exact) mass is 308 g/mol. The minimum atomic E-state index is 0. The third-order valence-corrected chi connectivity index (χ3v) is 3.81. The van der Waals surface area contributed by atoms with Crippen molar-refractivity contribution in [2.75, 3.05) is 12.3 Å². The molecule has 108 valence electrons. The summed E-state index contributed by atoms with van der Waals surface area (Å²) in [4.78, 5) is 8.37. The molecule has 0 aliphatic heterocycles. The fourth-order valence-electron chi connectivity index (χ4n) is 1.75. The van der Waals surface area contributed by atoms with Gasteiger partial charge in [0.25, 0.3) is 0 Å². The van der Waals surface area contributed by atoms with Gasteiger partial charge in [-0.1, -0.05) is 36.0 Å². The predicted octanol–water partition coefficient (Wildman–Crippen LogP) is 0.0610. The van der Waals surface area contributed by atoms with E-state index in [4.69, 9.17) is 0 Å². The molecule has 1 aromatic heterocycles. The topological polar surface area (TPSA) is 37.8 Å². The lowest BCUT2D eigenvalue weighted by Gasteiger charge is -2.07. The molecule has 0 spiro atoms. The van der Waals surface area contributed by atoms with Gasteiger partial charge in [-0.15, -0.1) is 0 Å². The van der Waals surface area contributed by atoms with Crippen molar-refractivity contribution in [1.82, 2.24) is 15.3 Å². The van der Waals surface area contributed by atoms with Gasteiger partial charge in [-0.3, -0.25) is 0 Å². The van der Waals surface area contributed by atoms with E-state index >= 15 is 0 Å². The fourth-order valence-corrected chi connectivity index (χ4v) is 2.49. The molecular formula is C15H19ClN3S-. The number of aryl methyl sites for hydroxylation is 1. The lowest BCUT2D eigenvalue weighted by Crippen LogP contribution is -3.00. The summed E-state index contributed by atoms with van der Waals surface area (Å²) in [6.45, 7) is 4.12. The van der Waals surface area contributed by atoms with Crippen molar-refractivity contribution < 1.29 is 12.4 Å². The highest BCUT2D eigenvalue weighted by atomic mass is 35.5. The van der Waals surface area contributed by atoms with Crippen molar-refractivity contribution in [3.63, 3.8) is 0 Å². The van der Waals surface area contributed by atoms with E-state index in [1.807, 2.05) is 6.07 Å². The Kier molecular flexibility index (Phi) is 8.26. The average molecular weight is 309 g/mol. The second-order valence-corrected chi connectivity index (χ2v) is 5.40. The minimum Gasteiger partial charge on any atom is -1.00 e. The molecule has 0 aliphatic carbocycles. The maximum atomic E-state index is 4.19. The molecule has 0 amide bonds. The first-order chi connectivity index (χ1) is 9.36. The molecule has 1 aromatic carbocycles. The minimum absolute atomic E-state index is 0. The van der Waals surface area contributed by atoms with Crippen LogP contribution in [0.1, 0.15) is 17.5 Å². The van der Waals surface area contributed by atoms with Crippen molar-refractivity contribution in [2.45, 2.75) is 25.0 Å². The first kappa shape index (κ1) is 17.0. The summed E-state index contributed by atoms with van der Waals surface area (Å²) in [6, 6.07) is 10.3. The summed E-state index contributed by atoms with van der Waals surface area (Å²) >= 11 is 1.71. The number of halogens is 1. The van der Waals surface area contributed by atoms with Crippen LogP contribution in [0.3, 0.4) is 0 Å². The van der Waals surface area contributed by atoms with Crippen molar-refractivity contribution in [1.29, 1.82) is 0 Å². The van der Waals surface area contributed by atoms with Crippen molar-refractivity contribution in [3.8, 4) is 0 Å². The highest BCUT2D eigenvalue weighted by Crippen LogP contribution is 2.11. The number of hydrogen-bond acceptors (Lipinski definition) is 4. The molecule has 0 atom stereocenters. The lowest BCUT2D eigenvalue weighted by molar-refractivity contribution is -0.00000404. The van der Waals surface area contributed by atoms with Crippen LogP contribution in [0.4, 0.5) is 0 Å². The van der Waals surface area contributed by atoms with Gasteiger partial charge in [-0.05, 0) is 37.1 Å². The number of aromatic nitrogens is 2. The van der Waals surface area contributed by atoms with Crippen molar-refractivity contribution >= 4 is 11.8 Å². The van der Waals surface area contributed by atoms with E-state index in [1.165, 1.54) is 11.1 Å². The third-order valence-electron chi connectivity index (χ3n) is 2.85. The largest absolute Gasteiger partial charge is 1.00 e. The van der Waals surface area contributed by atoms with Crippen molar-refractivity contribution in [2.24, 2.45) is 0 Å². The Hall–Kier alpha value is -1.10. The molecule has 0 fully saturated rings. The number of rotatable bonds is 7. The Labute approximate surface area is 131 Å². The van der Waals surface area contributed by atoms with E-state index in [0.29, 0.717) is 0 Å². The van der Waals surface area contributed by atoms with E-state index in [-0.39, 0.29) is 12.4 Å². The van der Waals surface area contributed by atoms with Crippen LogP contribution in [-0.2, 0) is 6.54 Å². The number of nitrogens with zero attached hydrogens (tertiary/aromatic N) is 2. The van der Waals surface area contributed by atoms with Crippen LogP contribution in [0, 0.1) is 6.92 Å². The summed E-state index contributed by atoms with van der Waals surface area (Å²) in [5.41, 5.74) is 2.73. The van der Waals surface area contributed by atoms with Gasteiger partial charge in [0.1, 0.15) is 0 Å². The van der Waals surface area contributed by atoms with Gasteiger partial charge >= 0.3 is 0 Å². The van der Waals surface area contributed by atoms with Crippen LogP contribution in [0.2, 0.25) is 0 Å². The highest BCUT2D eigenvalue weighted by Gasteiger charge is 1.97. The Bertz CT molecular complexity index is 493. The van der Waals surface area contributed by atoms with Crippen LogP contribution in [0.15, 0.2) is 47.9 Å². The molecule has 0 saturated heterocycles. The molecule has 0 saturated carbocycles. The van der Waals surface area contributed by atoms with Gasteiger partial charge < -0.3 is 17.7 Å². The van der Waals surface area contributed by atoms with Crippen LogP contribution in [0.5, 0.6) is 0 Å². The number of thioether (sulfide) groups is 1. The first-order valence-corrected chi connectivity index (χ1v) is 7.50. The molecule has 20 heavy (non-hydrogen) atoms. The van der Waals surface area contributed by atoms with Crippen LogP contribution in [-0.4, -0.2) is 22.3 Å². The Morgan fingerprint density at radius 1 is 1.10 bits per heavy atom. The van der Waals surface area contributed by atoms with Gasteiger partial charge in [-0.25, -0.2) is 9.97 Å². The molecule has 3 nitrogen and oxygen atoms in total. The van der Waals surface area contributed by atoms with Gasteiger partial charge in [-0.2, -0.15) is 0 Å². The van der Waals surface area contributed by atoms with Crippen LogP contribution >= 0.6 is 11.8 Å². The Morgan fingerprint density at radius 2 is 1.85 bits per heavy atom. The number of nitrogens with one attached hydrogen (secondary N) is 1. The van der Waals surface area contributed by atoms with Gasteiger partial charge in [0.05, 0.1) is 0 Å². The zero-order valence-corrected chi connectivity index (χ0v) is 13.1. The Balaban J connectivity index is 0.00000200. The van der Waals surface area contributed by atoms with E-state index in [1.54, 1.807) is 24.2 Å². The quantitative estimate of drug-likeness (QED) is 0.446. The van der Waals surface area contributed by atoms with Gasteiger partial charge in [0.15, 0.2) is 5.16 Å². The molecule has 0 aliphatic rings. The van der Waals surface area contributed by atoms with Crippen molar-refractivity contribution in [3.05, 3.63) is 53.9 Å². The smallest absolute Gasteiger partial charge is 0.187 e. The summed E-state index contributed by atoms with van der Waals surface area (Å²) in [6.07, 6.45) is 4.69. The zero-order chi connectivity index (χ0) is 13.3. The zero-order valence-electron chi connectivity index (χ0n) is 11.6. The highest BCUT2D eigenvalue weighted by molar-refractivity contribution is 7.99.